The number of aryl methyl sites for hydroxylation is 1. The van der Waals surface area contributed by atoms with E-state index < -0.39 is 0 Å². The molecule has 2 rings (SSSR count). The van der Waals surface area contributed by atoms with Gasteiger partial charge in [0.05, 0.1) is 0 Å². The van der Waals surface area contributed by atoms with Crippen LogP contribution in [0.25, 0.3) is 10.9 Å². The maximum Gasteiger partial charge on any atom is 0.167 e. The number of ketones is 1. The minimum absolute atomic E-state index is 0.0241. The maximum absolute atomic E-state index is 12.4. The van der Waals surface area contributed by atoms with Crippen LogP contribution >= 0.6 is 0 Å². The number of Topliss-reactive ketones (excluding diaryl/α,β-unsaturated/α-hetero) is 1. The SMILES string of the molecule is Cc1[nH]c2ccc(C(C)(C)C)cc2c1C(=O)C(C)C. The van der Waals surface area contributed by atoms with Gasteiger partial charge >= 0.3 is 0 Å². The Labute approximate surface area is 115 Å². The summed E-state index contributed by atoms with van der Waals surface area (Å²) in [5.74, 6) is 0.241. The molecular weight excluding hydrogens is 234 g/mol. The normalized spacial score (nSPS) is 12.4. The summed E-state index contributed by atoms with van der Waals surface area (Å²) in [5, 5.41) is 1.06. The number of nitrogens with one attached hydrogen (secondary N) is 1. The van der Waals surface area contributed by atoms with Gasteiger partial charge in [-0.3, -0.25) is 4.79 Å². The van der Waals surface area contributed by atoms with Crippen molar-refractivity contribution in [2.24, 2.45) is 5.92 Å². The smallest absolute Gasteiger partial charge is 0.167 e. The summed E-state index contributed by atoms with van der Waals surface area (Å²) in [6, 6.07) is 6.39. The van der Waals surface area contributed by atoms with Gasteiger partial charge in [-0.1, -0.05) is 40.7 Å². The molecule has 0 aliphatic carbocycles. The number of carbonyl (C=O) groups excluding carboxylic acids is 1. The Kier molecular flexibility index (Phi) is 3.29. The van der Waals surface area contributed by atoms with Gasteiger partial charge in [0, 0.05) is 28.1 Å². The van der Waals surface area contributed by atoms with Crippen molar-refractivity contribution < 1.29 is 4.79 Å². The molecule has 2 aromatic rings. The summed E-state index contributed by atoms with van der Waals surface area (Å²) in [7, 11) is 0. The van der Waals surface area contributed by atoms with E-state index in [0.29, 0.717) is 0 Å². The molecule has 0 bridgehead atoms. The third-order valence-corrected chi connectivity index (χ3v) is 3.62. The highest BCUT2D eigenvalue weighted by Crippen LogP contribution is 2.30. The Morgan fingerprint density at radius 2 is 1.84 bits per heavy atom. The molecule has 0 fully saturated rings. The van der Waals surface area contributed by atoms with Gasteiger partial charge in [-0.05, 0) is 30.0 Å². The van der Waals surface area contributed by atoms with Gasteiger partial charge in [-0.15, -0.1) is 0 Å². The summed E-state index contributed by atoms with van der Waals surface area (Å²) >= 11 is 0. The van der Waals surface area contributed by atoms with Gasteiger partial charge in [0.1, 0.15) is 0 Å². The summed E-state index contributed by atoms with van der Waals surface area (Å²) in [6.07, 6.45) is 0. The average Bonchev–Trinajstić information content (AvgIpc) is 2.61. The van der Waals surface area contributed by atoms with E-state index in [2.05, 4.69) is 44.0 Å². The molecule has 19 heavy (non-hydrogen) atoms. The van der Waals surface area contributed by atoms with E-state index in [9.17, 15) is 4.79 Å². The third-order valence-electron chi connectivity index (χ3n) is 3.62. The molecule has 0 unspecified atom stereocenters. The Hall–Kier alpha value is -1.57. The zero-order valence-corrected chi connectivity index (χ0v) is 12.7. The molecule has 0 radical (unpaired) electrons. The first kappa shape index (κ1) is 13.9. The standard InChI is InChI=1S/C17H23NO/c1-10(2)16(19)15-11(3)18-14-8-7-12(9-13(14)15)17(4,5)6/h7-10,18H,1-6H3. The highest BCUT2D eigenvalue weighted by Gasteiger charge is 2.21. The second-order valence-corrected chi connectivity index (χ2v) is 6.65. The lowest BCUT2D eigenvalue weighted by atomic mass is 9.85. The number of hydrogen-bond acceptors (Lipinski definition) is 1. The number of benzene rings is 1. The van der Waals surface area contributed by atoms with E-state index in [1.807, 2.05) is 20.8 Å². The highest BCUT2D eigenvalue weighted by atomic mass is 16.1. The zero-order chi connectivity index (χ0) is 14.4. The molecule has 0 amide bonds. The van der Waals surface area contributed by atoms with Crippen molar-refractivity contribution in [1.29, 1.82) is 0 Å². The van der Waals surface area contributed by atoms with E-state index in [4.69, 9.17) is 0 Å². The summed E-state index contributed by atoms with van der Waals surface area (Å²) in [6.45, 7) is 12.5. The largest absolute Gasteiger partial charge is 0.358 e. The molecule has 1 heterocycles. The van der Waals surface area contributed by atoms with Crippen molar-refractivity contribution in [3.8, 4) is 0 Å². The first-order valence-electron chi connectivity index (χ1n) is 6.89. The molecule has 0 spiro atoms. The van der Waals surface area contributed by atoms with Crippen LogP contribution in [0.3, 0.4) is 0 Å². The third kappa shape index (κ3) is 2.44. The van der Waals surface area contributed by atoms with Crippen molar-refractivity contribution in [3.63, 3.8) is 0 Å². The minimum atomic E-state index is 0.0241. The van der Waals surface area contributed by atoms with E-state index in [1.54, 1.807) is 0 Å². The van der Waals surface area contributed by atoms with Gasteiger partial charge in [-0.2, -0.15) is 0 Å². The minimum Gasteiger partial charge on any atom is -0.358 e. The van der Waals surface area contributed by atoms with Gasteiger partial charge in [0.25, 0.3) is 0 Å². The number of hydrogen-bond donors (Lipinski definition) is 1. The molecule has 0 atom stereocenters. The Balaban J connectivity index is 2.70. The summed E-state index contributed by atoms with van der Waals surface area (Å²) < 4.78 is 0. The average molecular weight is 257 g/mol. The molecule has 2 nitrogen and oxygen atoms in total. The highest BCUT2D eigenvalue weighted by molar-refractivity contribution is 6.10. The first-order valence-corrected chi connectivity index (χ1v) is 6.89. The monoisotopic (exact) mass is 257 g/mol. The van der Waals surface area contributed by atoms with E-state index in [-0.39, 0.29) is 17.1 Å². The van der Waals surface area contributed by atoms with Gasteiger partial charge < -0.3 is 4.98 Å². The van der Waals surface area contributed by atoms with Crippen molar-refractivity contribution in [1.82, 2.24) is 4.98 Å². The van der Waals surface area contributed by atoms with Crippen LogP contribution in [0.4, 0.5) is 0 Å². The zero-order valence-electron chi connectivity index (χ0n) is 12.7. The molecule has 0 aliphatic heterocycles. The lowest BCUT2D eigenvalue weighted by Gasteiger charge is -2.19. The number of rotatable bonds is 2. The second kappa shape index (κ2) is 4.52. The van der Waals surface area contributed by atoms with Crippen LogP contribution in [-0.4, -0.2) is 10.8 Å². The van der Waals surface area contributed by atoms with E-state index in [1.165, 1.54) is 5.56 Å². The van der Waals surface area contributed by atoms with Gasteiger partial charge in [0.15, 0.2) is 5.78 Å². The summed E-state index contributed by atoms with van der Waals surface area (Å²) in [4.78, 5) is 15.7. The number of H-pyrrole nitrogens is 1. The van der Waals surface area contributed by atoms with Crippen LogP contribution in [0.2, 0.25) is 0 Å². The summed E-state index contributed by atoms with van der Waals surface area (Å²) in [5.41, 5.74) is 4.24. The fraction of sp³-hybridized carbons (Fsp3) is 0.471. The molecule has 1 aromatic heterocycles. The number of fused-ring (bicyclic) bond motifs is 1. The molecular formula is C17H23NO. The fourth-order valence-electron chi connectivity index (χ4n) is 2.40. The Morgan fingerprint density at radius 3 is 2.37 bits per heavy atom. The van der Waals surface area contributed by atoms with Crippen molar-refractivity contribution in [2.75, 3.05) is 0 Å². The van der Waals surface area contributed by atoms with Crippen LogP contribution in [-0.2, 0) is 5.41 Å². The van der Waals surface area contributed by atoms with E-state index >= 15 is 0 Å². The van der Waals surface area contributed by atoms with Crippen LogP contribution in [0.5, 0.6) is 0 Å². The Bertz CT molecular complexity index is 626. The maximum atomic E-state index is 12.4. The molecule has 2 heteroatoms. The second-order valence-electron chi connectivity index (χ2n) is 6.65. The topological polar surface area (TPSA) is 32.9 Å². The van der Waals surface area contributed by atoms with Crippen LogP contribution in [0.15, 0.2) is 18.2 Å². The quantitative estimate of drug-likeness (QED) is 0.783. The molecule has 1 aromatic carbocycles. The predicted molar refractivity (Wildman–Crippen MR) is 80.9 cm³/mol. The van der Waals surface area contributed by atoms with Crippen molar-refractivity contribution >= 4 is 16.7 Å². The van der Waals surface area contributed by atoms with Crippen molar-refractivity contribution in [3.05, 3.63) is 35.0 Å². The molecule has 0 saturated heterocycles. The van der Waals surface area contributed by atoms with Gasteiger partial charge in [-0.25, -0.2) is 0 Å². The molecule has 1 N–H and O–H groups in total. The van der Waals surface area contributed by atoms with Crippen molar-refractivity contribution in [2.45, 2.75) is 47.0 Å². The van der Waals surface area contributed by atoms with Crippen LogP contribution in [0, 0.1) is 12.8 Å². The number of aromatic nitrogens is 1. The number of carbonyl (C=O) groups is 1. The molecule has 0 aliphatic rings. The lowest BCUT2D eigenvalue weighted by molar-refractivity contribution is 0.0940. The van der Waals surface area contributed by atoms with Gasteiger partial charge in [0.2, 0.25) is 0 Å². The lowest BCUT2D eigenvalue weighted by Crippen LogP contribution is -2.11. The molecule has 102 valence electrons. The van der Waals surface area contributed by atoms with Crippen LogP contribution < -0.4 is 0 Å². The predicted octanol–water partition coefficient (Wildman–Crippen LogP) is 4.61. The fourth-order valence-corrected chi connectivity index (χ4v) is 2.40. The number of aromatic amines is 1. The molecule has 0 saturated carbocycles. The van der Waals surface area contributed by atoms with Crippen LogP contribution in [0.1, 0.15) is 56.2 Å². The first-order chi connectivity index (χ1) is 8.71. The Morgan fingerprint density at radius 1 is 1.21 bits per heavy atom. The van der Waals surface area contributed by atoms with E-state index in [0.717, 1.165) is 22.2 Å².